The maximum atomic E-state index is 12.3. The maximum absolute atomic E-state index is 12.3. The number of nitrogens with one attached hydrogen (secondary N) is 1. The number of rotatable bonds is 5. The molecule has 24 heavy (non-hydrogen) atoms. The molecule has 2 aromatic heterocycles. The van der Waals surface area contributed by atoms with Gasteiger partial charge in [0.2, 0.25) is 5.88 Å². The number of hydrogen-bond donors (Lipinski definition) is 1. The summed E-state index contributed by atoms with van der Waals surface area (Å²) in [4.78, 5) is 12.3. The maximum Gasteiger partial charge on any atom is 0.272 e. The first-order chi connectivity index (χ1) is 11.5. The number of hydrogen-bond acceptors (Lipinski definition) is 4. The fourth-order valence-corrected chi connectivity index (χ4v) is 3.16. The Bertz CT molecular complexity index is 765. The number of carbonyl (C=O) groups is 1. The Balaban J connectivity index is 1.54. The van der Waals surface area contributed by atoms with Crippen LogP contribution in [0.2, 0.25) is 0 Å². The van der Waals surface area contributed by atoms with Crippen LogP contribution in [0.25, 0.3) is 0 Å². The lowest BCUT2D eigenvalue weighted by Crippen LogP contribution is -2.26. The predicted molar refractivity (Wildman–Crippen MR) is 93.4 cm³/mol. The van der Waals surface area contributed by atoms with E-state index in [1.54, 1.807) is 4.68 Å². The average Bonchev–Trinajstić information content (AvgIpc) is 3.04. The van der Waals surface area contributed by atoms with Crippen LogP contribution in [0.1, 0.15) is 40.3 Å². The van der Waals surface area contributed by atoms with Crippen molar-refractivity contribution in [2.75, 3.05) is 13.2 Å². The molecule has 7 nitrogen and oxygen atoms in total. The third kappa shape index (κ3) is 3.19. The van der Waals surface area contributed by atoms with Gasteiger partial charge in [-0.15, -0.1) is 0 Å². The number of carbonyl (C=O) groups excluding carboxylic acids is 1. The minimum Gasteiger partial charge on any atom is -0.478 e. The van der Waals surface area contributed by atoms with E-state index in [-0.39, 0.29) is 5.91 Å². The van der Waals surface area contributed by atoms with Gasteiger partial charge in [-0.25, -0.2) is 4.68 Å². The van der Waals surface area contributed by atoms with Crippen molar-refractivity contribution in [3.8, 4) is 5.88 Å². The molecule has 0 fully saturated rings. The largest absolute Gasteiger partial charge is 0.478 e. The van der Waals surface area contributed by atoms with Crippen molar-refractivity contribution in [3.05, 3.63) is 27.1 Å². The fraction of sp³-hybridized carbons (Fsp3) is 0.562. The molecule has 0 atom stereocenters. The molecule has 0 spiro atoms. The molecule has 0 saturated heterocycles. The molecule has 3 heterocycles. The van der Waals surface area contributed by atoms with Crippen molar-refractivity contribution in [1.29, 1.82) is 0 Å². The van der Waals surface area contributed by atoms with E-state index in [1.165, 1.54) is 0 Å². The van der Waals surface area contributed by atoms with Gasteiger partial charge in [0, 0.05) is 37.3 Å². The van der Waals surface area contributed by atoms with Gasteiger partial charge in [-0.3, -0.25) is 9.48 Å². The van der Waals surface area contributed by atoms with Gasteiger partial charge in [0.1, 0.15) is 0 Å². The van der Waals surface area contributed by atoms with Gasteiger partial charge in [-0.2, -0.15) is 10.2 Å². The molecule has 0 aromatic carbocycles. The predicted octanol–water partition coefficient (Wildman–Crippen LogP) is 2.37. The lowest BCUT2D eigenvalue weighted by Gasteiger charge is -2.14. The van der Waals surface area contributed by atoms with Crippen LogP contribution in [0.3, 0.4) is 0 Å². The number of nitrogens with zero attached hydrogens (tertiary/aromatic N) is 4. The summed E-state index contributed by atoms with van der Waals surface area (Å²) in [6, 6.07) is 0. The molecule has 1 aliphatic rings. The molecule has 1 N–H and O–H groups in total. The summed E-state index contributed by atoms with van der Waals surface area (Å²) in [5.74, 6) is 0.575. The van der Waals surface area contributed by atoms with E-state index >= 15 is 0 Å². The summed E-state index contributed by atoms with van der Waals surface area (Å²) >= 11 is 3.52. The van der Waals surface area contributed by atoms with Gasteiger partial charge in [0.05, 0.1) is 16.8 Å². The van der Waals surface area contributed by atoms with E-state index in [4.69, 9.17) is 4.74 Å². The van der Waals surface area contributed by atoms with Crippen molar-refractivity contribution >= 4 is 21.8 Å². The average molecular weight is 396 g/mol. The second-order valence-electron chi connectivity index (χ2n) is 6.02. The van der Waals surface area contributed by atoms with E-state index in [0.717, 1.165) is 53.2 Å². The second kappa shape index (κ2) is 6.96. The van der Waals surface area contributed by atoms with Crippen LogP contribution < -0.4 is 10.1 Å². The minimum atomic E-state index is -0.146. The topological polar surface area (TPSA) is 74.0 Å². The Labute approximate surface area is 149 Å². The molecular weight excluding hydrogens is 374 g/mol. The van der Waals surface area contributed by atoms with E-state index in [0.29, 0.717) is 18.8 Å². The zero-order chi connectivity index (χ0) is 17.3. The Kier molecular flexibility index (Phi) is 4.93. The van der Waals surface area contributed by atoms with Crippen molar-refractivity contribution in [2.45, 2.75) is 46.7 Å². The van der Waals surface area contributed by atoms with E-state index < -0.39 is 0 Å². The van der Waals surface area contributed by atoms with Crippen LogP contribution in [-0.2, 0) is 13.1 Å². The first-order valence-electron chi connectivity index (χ1n) is 8.17. The van der Waals surface area contributed by atoms with Gasteiger partial charge in [-0.05, 0) is 43.1 Å². The van der Waals surface area contributed by atoms with Gasteiger partial charge in [0.25, 0.3) is 5.91 Å². The van der Waals surface area contributed by atoms with Crippen LogP contribution in [0.5, 0.6) is 5.88 Å². The van der Waals surface area contributed by atoms with E-state index in [9.17, 15) is 4.79 Å². The van der Waals surface area contributed by atoms with Gasteiger partial charge < -0.3 is 10.1 Å². The summed E-state index contributed by atoms with van der Waals surface area (Å²) in [6.07, 6.45) is 1.73. The molecule has 2 aromatic rings. The quantitative estimate of drug-likeness (QED) is 0.788. The Morgan fingerprint density at radius 1 is 1.33 bits per heavy atom. The normalized spacial score (nSPS) is 13.5. The molecule has 1 amide bonds. The number of ether oxygens (including phenoxy) is 1. The lowest BCUT2D eigenvalue weighted by atomic mass is 10.2. The van der Waals surface area contributed by atoms with Gasteiger partial charge in [-0.1, -0.05) is 0 Å². The minimum absolute atomic E-state index is 0.146. The summed E-state index contributed by atoms with van der Waals surface area (Å²) in [5, 5.41) is 11.8. The standard InChI is InChI=1S/C16H22BrN5O2/c1-10-14(20-22-8-5-9-24-16(10)22)15(23)18-6-4-7-21-12(3)13(17)11(2)19-21/h4-9H2,1-3H3,(H,18,23). The molecule has 0 bridgehead atoms. The summed E-state index contributed by atoms with van der Waals surface area (Å²) < 4.78 is 10.4. The first-order valence-corrected chi connectivity index (χ1v) is 8.96. The molecule has 130 valence electrons. The number of fused-ring (bicyclic) bond motifs is 1. The highest BCUT2D eigenvalue weighted by molar-refractivity contribution is 9.10. The summed E-state index contributed by atoms with van der Waals surface area (Å²) in [7, 11) is 0. The molecule has 0 saturated carbocycles. The summed E-state index contributed by atoms with van der Waals surface area (Å²) in [6.45, 7) is 8.72. The van der Waals surface area contributed by atoms with Crippen LogP contribution in [0, 0.1) is 20.8 Å². The number of halogens is 1. The van der Waals surface area contributed by atoms with Crippen molar-refractivity contribution in [1.82, 2.24) is 24.9 Å². The third-order valence-electron chi connectivity index (χ3n) is 4.22. The van der Waals surface area contributed by atoms with Gasteiger partial charge >= 0.3 is 0 Å². The zero-order valence-electron chi connectivity index (χ0n) is 14.2. The summed E-state index contributed by atoms with van der Waals surface area (Å²) in [5.41, 5.74) is 3.36. The van der Waals surface area contributed by atoms with Crippen LogP contribution in [-0.4, -0.2) is 38.6 Å². The Morgan fingerprint density at radius 3 is 2.79 bits per heavy atom. The molecule has 8 heteroatoms. The van der Waals surface area contributed by atoms with Crippen molar-refractivity contribution in [3.63, 3.8) is 0 Å². The monoisotopic (exact) mass is 395 g/mol. The highest BCUT2D eigenvalue weighted by atomic mass is 79.9. The third-order valence-corrected chi connectivity index (χ3v) is 5.37. The van der Waals surface area contributed by atoms with Crippen molar-refractivity contribution in [2.24, 2.45) is 0 Å². The van der Waals surface area contributed by atoms with E-state index in [2.05, 4.69) is 31.4 Å². The van der Waals surface area contributed by atoms with E-state index in [1.807, 2.05) is 25.5 Å². The molecule has 1 aliphatic heterocycles. The Morgan fingerprint density at radius 2 is 2.12 bits per heavy atom. The number of amides is 1. The zero-order valence-corrected chi connectivity index (χ0v) is 15.8. The van der Waals surface area contributed by atoms with Crippen LogP contribution in [0.4, 0.5) is 0 Å². The highest BCUT2D eigenvalue weighted by Gasteiger charge is 2.22. The highest BCUT2D eigenvalue weighted by Crippen LogP contribution is 2.25. The Hall–Kier alpha value is -1.83. The van der Waals surface area contributed by atoms with Gasteiger partial charge in [0.15, 0.2) is 5.69 Å². The molecule has 0 radical (unpaired) electrons. The lowest BCUT2D eigenvalue weighted by molar-refractivity contribution is 0.0946. The molecule has 0 unspecified atom stereocenters. The fourth-order valence-electron chi connectivity index (χ4n) is 2.88. The molecule has 0 aliphatic carbocycles. The number of aryl methyl sites for hydroxylation is 3. The number of aromatic nitrogens is 4. The first kappa shape index (κ1) is 17.0. The smallest absolute Gasteiger partial charge is 0.272 e. The molecule has 3 rings (SSSR count). The molecular formula is C16H22BrN5O2. The van der Waals surface area contributed by atoms with Crippen molar-refractivity contribution < 1.29 is 9.53 Å². The second-order valence-corrected chi connectivity index (χ2v) is 6.81. The SMILES string of the molecule is Cc1nn(CCCNC(=O)c2nn3c(c2C)OCCC3)c(C)c1Br. The van der Waals surface area contributed by atoms with Crippen LogP contribution >= 0.6 is 15.9 Å². The van der Waals surface area contributed by atoms with Crippen LogP contribution in [0.15, 0.2) is 4.47 Å².